The van der Waals surface area contributed by atoms with Crippen LogP contribution in [0.2, 0.25) is 0 Å². The van der Waals surface area contributed by atoms with Crippen LogP contribution in [0.15, 0.2) is 54.7 Å². The van der Waals surface area contributed by atoms with Gasteiger partial charge in [0, 0.05) is 11.6 Å². The predicted molar refractivity (Wildman–Crippen MR) is 78.1 cm³/mol. The van der Waals surface area contributed by atoms with Crippen molar-refractivity contribution in [1.29, 1.82) is 0 Å². The summed E-state index contributed by atoms with van der Waals surface area (Å²) in [6.07, 6.45) is 1.57. The lowest BCUT2D eigenvalue weighted by molar-refractivity contribution is 0.103. The first-order chi connectivity index (χ1) is 10.2. The lowest BCUT2D eigenvalue weighted by Gasteiger charge is -2.09. The first-order valence-electron chi connectivity index (χ1n) is 6.42. The number of aromatic nitrogens is 1. The smallest absolute Gasteiger partial charge is 0.215 e. The normalized spacial score (nSPS) is 10.6. The Morgan fingerprint density at radius 2 is 1.95 bits per heavy atom. The second-order valence-electron chi connectivity index (χ2n) is 4.55. The van der Waals surface area contributed by atoms with Gasteiger partial charge in [-0.25, -0.2) is 4.39 Å². The molecule has 0 spiro atoms. The van der Waals surface area contributed by atoms with Gasteiger partial charge < -0.3 is 4.74 Å². The standard InChI is InChI=1S/C17H12FNO2/c1-21-15-7-6-12(18)10-14(15)17(20)16-13-5-3-2-4-11(13)8-9-19-16/h2-10H,1H3. The number of nitrogens with zero attached hydrogens (tertiary/aromatic N) is 1. The highest BCUT2D eigenvalue weighted by atomic mass is 19.1. The molecule has 0 saturated carbocycles. The van der Waals surface area contributed by atoms with Crippen molar-refractivity contribution in [2.24, 2.45) is 0 Å². The quantitative estimate of drug-likeness (QED) is 0.688. The number of benzene rings is 2. The molecule has 0 aliphatic carbocycles. The van der Waals surface area contributed by atoms with E-state index in [9.17, 15) is 9.18 Å². The number of hydrogen-bond donors (Lipinski definition) is 0. The van der Waals surface area contributed by atoms with Gasteiger partial charge in [0.15, 0.2) is 0 Å². The minimum Gasteiger partial charge on any atom is -0.496 e. The monoisotopic (exact) mass is 281 g/mol. The highest BCUT2D eigenvalue weighted by Gasteiger charge is 2.18. The summed E-state index contributed by atoms with van der Waals surface area (Å²) in [5, 5.41) is 1.64. The number of pyridine rings is 1. The number of halogens is 1. The van der Waals surface area contributed by atoms with E-state index in [1.54, 1.807) is 6.20 Å². The van der Waals surface area contributed by atoms with Crippen LogP contribution in [0.5, 0.6) is 5.75 Å². The number of hydrogen-bond acceptors (Lipinski definition) is 3. The molecule has 3 aromatic rings. The average molecular weight is 281 g/mol. The number of fused-ring (bicyclic) bond motifs is 1. The summed E-state index contributed by atoms with van der Waals surface area (Å²) in [5.41, 5.74) is 0.457. The van der Waals surface area contributed by atoms with Crippen molar-refractivity contribution in [3.8, 4) is 5.75 Å². The molecule has 1 heterocycles. The zero-order valence-electron chi connectivity index (χ0n) is 11.3. The number of ketones is 1. The molecule has 0 aliphatic heterocycles. The van der Waals surface area contributed by atoms with Gasteiger partial charge in [-0.05, 0) is 29.7 Å². The molecule has 0 atom stereocenters. The van der Waals surface area contributed by atoms with Gasteiger partial charge in [-0.15, -0.1) is 0 Å². The van der Waals surface area contributed by atoms with Crippen molar-refractivity contribution >= 4 is 16.6 Å². The Hall–Kier alpha value is -2.75. The Kier molecular flexibility index (Phi) is 3.36. The van der Waals surface area contributed by atoms with Crippen LogP contribution in [0.3, 0.4) is 0 Å². The third-order valence-corrected chi connectivity index (χ3v) is 3.29. The van der Waals surface area contributed by atoms with Crippen molar-refractivity contribution < 1.29 is 13.9 Å². The van der Waals surface area contributed by atoms with Crippen molar-refractivity contribution in [2.45, 2.75) is 0 Å². The molecular weight excluding hydrogens is 269 g/mol. The van der Waals surface area contributed by atoms with Crippen LogP contribution in [0.4, 0.5) is 4.39 Å². The van der Waals surface area contributed by atoms with Gasteiger partial charge >= 0.3 is 0 Å². The molecule has 3 nitrogen and oxygen atoms in total. The van der Waals surface area contributed by atoms with Gasteiger partial charge in [-0.2, -0.15) is 0 Å². The van der Waals surface area contributed by atoms with E-state index in [1.807, 2.05) is 30.3 Å². The lowest BCUT2D eigenvalue weighted by atomic mass is 10.0. The second kappa shape index (κ2) is 5.32. The third kappa shape index (κ3) is 2.36. The van der Waals surface area contributed by atoms with Crippen LogP contribution in [0, 0.1) is 5.82 Å². The topological polar surface area (TPSA) is 39.2 Å². The van der Waals surface area contributed by atoms with Crippen LogP contribution in [0.25, 0.3) is 10.8 Å². The van der Waals surface area contributed by atoms with E-state index in [0.717, 1.165) is 10.8 Å². The van der Waals surface area contributed by atoms with Crippen molar-refractivity contribution in [1.82, 2.24) is 4.98 Å². The number of methoxy groups -OCH3 is 1. The molecule has 21 heavy (non-hydrogen) atoms. The first-order valence-corrected chi connectivity index (χ1v) is 6.42. The number of carbonyl (C=O) groups is 1. The van der Waals surface area contributed by atoms with Crippen LogP contribution in [-0.2, 0) is 0 Å². The number of carbonyl (C=O) groups excluding carboxylic acids is 1. The Labute approximate surface area is 121 Å². The predicted octanol–water partition coefficient (Wildman–Crippen LogP) is 3.61. The van der Waals surface area contributed by atoms with Crippen LogP contribution in [0.1, 0.15) is 16.1 Å². The molecule has 3 rings (SSSR count). The number of ether oxygens (including phenoxy) is 1. The van der Waals surface area contributed by atoms with Gasteiger partial charge in [0.25, 0.3) is 0 Å². The molecule has 0 amide bonds. The molecule has 0 fully saturated rings. The largest absolute Gasteiger partial charge is 0.496 e. The van der Waals surface area contributed by atoms with E-state index in [4.69, 9.17) is 4.74 Å². The summed E-state index contributed by atoms with van der Waals surface area (Å²) in [4.78, 5) is 16.8. The fourth-order valence-electron chi connectivity index (χ4n) is 2.29. The highest BCUT2D eigenvalue weighted by molar-refractivity contribution is 6.16. The Morgan fingerprint density at radius 3 is 2.76 bits per heavy atom. The fourth-order valence-corrected chi connectivity index (χ4v) is 2.29. The zero-order chi connectivity index (χ0) is 14.8. The molecule has 0 saturated heterocycles. The van der Waals surface area contributed by atoms with E-state index in [1.165, 1.54) is 25.3 Å². The van der Waals surface area contributed by atoms with Crippen molar-refractivity contribution in [3.63, 3.8) is 0 Å². The third-order valence-electron chi connectivity index (χ3n) is 3.29. The summed E-state index contributed by atoms with van der Waals surface area (Å²) < 4.78 is 18.6. The maximum Gasteiger partial charge on any atom is 0.215 e. The zero-order valence-corrected chi connectivity index (χ0v) is 11.3. The van der Waals surface area contributed by atoms with Crippen molar-refractivity contribution in [3.05, 3.63) is 71.8 Å². The molecule has 0 unspecified atom stereocenters. The maximum absolute atomic E-state index is 13.4. The molecule has 0 radical (unpaired) electrons. The minimum absolute atomic E-state index is 0.168. The van der Waals surface area contributed by atoms with E-state index >= 15 is 0 Å². The van der Waals surface area contributed by atoms with Gasteiger partial charge in [-0.1, -0.05) is 24.3 Å². The first kappa shape index (κ1) is 13.2. The Bertz CT molecular complexity index is 825. The van der Waals surface area contributed by atoms with Gasteiger partial charge in [0.05, 0.1) is 12.7 Å². The molecule has 4 heteroatoms. The van der Waals surface area contributed by atoms with Crippen LogP contribution < -0.4 is 4.74 Å². The average Bonchev–Trinajstić information content (AvgIpc) is 2.53. The van der Waals surface area contributed by atoms with E-state index < -0.39 is 5.82 Å². The lowest BCUT2D eigenvalue weighted by Crippen LogP contribution is -2.07. The summed E-state index contributed by atoms with van der Waals surface area (Å²) in [6.45, 7) is 0. The van der Waals surface area contributed by atoms with Gasteiger partial charge in [0.2, 0.25) is 5.78 Å². The summed E-state index contributed by atoms with van der Waals surface area (Å²) in [7, 11) is 1.44. The molecular formula is C17H12FNO2. The molecule has 2 aromatic carbocycles. The Morgan fingerprint density at radius 1 is 1.14 bits per heavy atom. The van der Waals surface area contributed by atoms with Crippen LogP contribution in [-0.4, -0.2) is 17.9 Å². The molecule has 104 valence electrons. The van der Waals surface area contributed by atoms with E-state index in [0.29, 0.717) is 5.75 Å². The minimum atomic E-state index is -0.487. The van der Waals surface area contributed by atoms with Crippen molar-refractivity contribution in [2.75, 3.05) is 7.11 Å². The summed E-state index contributed by atoms with van der Waals surface area (Å²) in [6, 6.07) is 13.1. The molecule has 0 bridgehead atoms. The van der Waals surface area contributed by atoms with Crippen LogP contribution >= 0.6 is 0 Å². The van der Waals surface area contributed by atoms with E-state index in [2.05, 4.69) is 4.98 Å². The molecule has 0 N–H and O–H groups in total. The van der Waals surface area contributed by atoms with Gasteiger partial charge in [-0.3, -0.25) is 9.78 Å². The highest BCUT2D eigenvalue weighted by Crippen LogP contribution is 2.25. The number of rotatable bonds is 3. The fraction of sp³-hybridized carbons (Fsp3) is 0.0588. The van der Waals surface area contributed by atoms with Gasteiger partial charge in [0.1, 0.15) is 17.3 Å². The van der Waals surface area contributed by atoms with E-state index in [-0.39, 0.29) is 17.0 Å². The molecule has 1 aromatic heterocycles. The Balaban J connectivity index is 2.20. The summed E-state index contributed by atoms with van der Waals surface area (Å²) in [5.74, 6) is -0.515. The summed E-state index contributed by atoms with van der Waals surface area (Å²) >= 11 is 0. The molecule has 0 aliphatic rings. The SMILES string of the molecule is COc1ccc(F)cc1C(=O)c1nccc2ccccc12. The second-order valence-corrected chi connectivity index (χ2v) is 4.55. The maximum atomic E-state index is 13.4.